The molecule has 1 saturated carbocycles. The Kier molecular flexibility index (Phi) is 5.38. The number of carbonyl (C=O) groups excluding carboxylic acids is 2. The number of hydrogen-bond acceptors (Lipinski definition) is 5. The number of halogens is 3. The fraction of sp³-hybridized carbons (Fsp3) is 0.375. The first-order chi connectivity index (χ1) is 17.4. The lowest BCUT2D eigenvalue weighted by Crippen LogP contribution is -2.49. The van der Waals surface area contributed by atoms with Crippen molar-refractivity contribution in [3.8, 4) is 0 Å². The van der Waals surface area contributed by atoms with Crippen molar-refractivity contribution in [3.63, 3.8) is 0 Å². The number of nitrogens with one attached hydrogen (secondary N) is 1. The molecule has 1 aliphatic carbocycles. The van der Waals surface area contributed by atoms with Gasteiger partial charge in [-0.3, -0.25) is 9.48 Å². The van der Waals surface area contributed by atoms with Crippen LogP contribution < -0.4 is 10.2 Å². The average Bonchev–Trinajstić information content (AvgIpc) is 3.53. The summed E-state index contributed by atoms with van der Waals surface area (Å²) in [5, 5.41) is 6.99. The molecule has 2 atom stereocenters. The third-order valence-corrected chi connectivity index (χ3v) is 7.04. The molecule has 186 valence electrons. The summed E-state index contributed by atoms with van der Waals surface area (Å²) in [5.74, 6) is -3.71. The second-order valence-corrected chi connectivity index (χ2v) is 9.39. The highest BCUT2D eigenvalue weighted by molar-refractivity contribution is 5.97. The zero-order valence-electron chi connectivity index (χ0n) is 19.1. The highest BCUT2D eigenvalue weighted by atomic mass is 19.2. The summed E-state index contributed by atoms with van der Waals surface area (Å²) >= 11 is 0. The molecule has 9 nitrogen and oxygen atoms in total. The molecule has 12 heteroatoms. The van der Waals surface area contributed by atoms with Gasteiger partial charge in [-0.2, -0.15) is 5.10 Å². The molecule has 3 aliphatic rings. The van der Waals surface area contributed by atoms with Crippen LogP contribution in [0.5, 0.6) is 0 Å². The molecular weight excluding hydrogens is 475 g/mol. The minimum absolute atomic E-state index is 0.0826. The van der Waals surface area contributed by atoms with Gasteiger partial charge in [-0.25, -0.2) is 27.9 Å². The molecule has 4 heterocycles. The summed E-state index contributed by atoms with van der Waals surface area (Å²) in [4.78, 5) is 38.0. The summed E-state index contributed by atoms with van der Waals surface area (Å²) in [6, 6.07) is 2.49. The van der Waals surface area contributed by atoms with Crippen LogP contribution in [-0.2, 0) is 17.9 Å². The van der Waals surface area contributed by atoms with Crippen molar-refractivity contribution < 1.29 is 22.8 Å². The maximum Gasteiger partial charge on any atom is 0.322 e. The largest absolute Gasteiger partial charge is 0.322 e. The van der Waals surface area contributed by atoms with Crippen molar-refractivity contribution in [2.45, 2.75) is 44.3 Å². The molecule has 2 aromatic heterocycles. The van der Waals surface area contributed by atoms with Crippen molar-refractivity contribution in [1.82, 2.24) is 24.6 Å². The number of rotatable bonds is 4. The smallest absolute Gasteiger partial charge is 0.313 e. The van der Waals surface area contributed by atoms with E-state index in [-0.39, 0.29) is 42.4 Å². The summed E-state index contributed by atoms with van der Waals surface area (Å²) in [5.41, 5.74) is 1.14. The molecule has 0 radical (unpaired) electrons. The molecular formula is C24H22F3N7O2. The zero-order valence-corrected chi connectivity index (χ0v) is 19.1. The molecule has 2 unspecified atom stereocenters. The van der Waals surface area contributed by atoms with Gasteiger partial charge >= 0.3 is 6.03 Å². The van der Waals surface area contributed by atoms with Gasteiger partial charge in [-0.1, -0.05) is 0 Å². The van der Waals surface area contributed by atoms with Gasteiger partial charge in [0.25, 0.3) is 0 Å². The van der Waals surface area contributed by atoms with Crippen LogP contribution in [0.15, 0.2) is 36.8 Å². The molecule has 1 N–H and O–H groups in total. The van der Waals surface area contributed by atoms with E-state index in [4.69, 9.17) is 0 Å². The van der Waals surface area contributed by atoms with Gasteiger partial charge in [-0.05, 0) is 24.8 Å². The van der Waals surface area contributed by atoms with E-state index < -0.39 is 23.5 Å². The number of benzene rings is 1. The first-order valence-electron chi connectivity index (χ1n) is 11.7. The first-order valence-corrected chi connectivity index (χ1v) is 11.7. The van der Waals surface area contributed by atoms with E-state index in [1.54, 1.807) is 34.5 Å². The maximum absolute atomic E-state index is 13.7. The fourth-order valence-electron chi connectivity index (χ4n) is 5.07. The number of anilines is 2. The SMILES string of the molecule is O=C1CC(c2ncccn2)CN1c1cnn2c1CN(C(=O)Nc1cc(F)c(F)c(F)c1)C(C1CC1)C2. The summed E-state index contributed by atoms with van der Waals surface area (Å²) in [6.45, 7) is 0.992. The summed E-state index contributed by atoms with van der Waals surface area (Å²) < 4.78 is 42.5. The Morgan fingerprint density at radius 1 is 1.06 bits per heavy atom. The fourth-order valence-corrected chi connectivity index (χ4v) is 5.07. The molecule has 1 aromatic carbocycles. The molecule has 1 saturated heterocycles. The Labute approximate surface area is 203 Å². The van der Waals surface area contributed by atoms with E-state index in [9.17, 15) is 22.8 Å². The summed E-state index contributed by atoms with van der Waals surface area (Å²) in [6.07, 6.45) is 7.11. The van der Waals surface area contributed by atoms with Crippen LogP contribution in [0.4, 0.5) is 29.3 Å². The molecule has 0 bridgehead atoms. The van der Waals surface area contributed by atoms with Crippen LogP contribution in [0.1, 0.15) is 36.7 Å². The van der Waals surface area contributed by atoms with Gasteiger partial charge in [0.1, 0.15) is 5.82 Å². The van der Waals surface area contributed by atoms with Crippen molar-refractivity contribution in [2.24, 2.45) is 5.92 Å². The van der Waals surface area contributed by atoms with Gasteiger partial charge in [0.2, 0.25) is 5.91 Å². The molecule has 3 amide bonds. The van der Waals surface area contributed by atoms with Gasteiger partial charge in [0.05, 0.1) is 36.7 Å². The monoisotopic (exact) mass is 497 g/mol. The minimum atomic E-state index is -1.59. The highest BCUT2D eigenvalue weighted by Crippen LogP contribution is 2.41. The third kappa shape index (κ3) is 3.95. The van der Waals surface area contributed by atoms with E-state index in [0.29, 0.717) is 30.3 Å². The van der Waals surface area contributed by atoms with E-state index in [2.05, 4.69) is 20.4 Å². The van der Waals surface area contributed by atoms with E-state index in [0.717, 1.165) is 25.0 Å². The predicted molar refractivity (Wildman–Crippen MR) is 121 cm³/mol. The Balaban J connectivity index is 1.26. The zero-order chi connectivity index (χ0) is 25.0. The van der Waals surface area contributed by atoms with Crippen molar-refractivity contribution >= 4 is 23.3 Å². The maximum atomic E-state index is 13.7. The number of aromatic nitrogens is 4. The average molecular weight is 497 g/mol. The van der Waals surface area contributed by atoms with Crippen LogP contribution in [0, 0.1) is 23.4 Å². The Hall–Kier alpha value is -3.96. The van der Waals surface area contributed by atoms with Crippen LogP contribution in [0.3, 0.4) is 0 Å². The second kappa shape index (κ2) is 8.61. The number of urea groups is 1. The minimum Gasteiger partial charge on any atom is -0.313 e. The van der Waals surface area contributed by atoms with Gasteiger partial charge in [0.15, 0.2) is 17.5 Å². The topological polar surface area (TPSA) is 96.2 Å². The first kappa shape index (κ1) is 22.5. The lowest BCUT2D eigenvalue weighted by atomic mass is 10.1. The molecule has 36 heavy (non-hydrogen) atoms. The van der Waals surface area contributed by atoms with Gasteiger partial charge in [0, 0.05) is 49.1 Å². The van der Waals surface area contributed by atoms with Crippen LogP contribution >= 0.6 is 0 Å². The van der Waals surface area contributed by atoms with Crippen molar-refractivity contribution in [3.05, 3.63) is 65.8 Å². The van der Waals surface area contributed by atoms with E-state index >= 15 is 0 Å². The lowest BCUT2D eigenvalue weighted by Gasteiger charge is -2.37. The van der Waals surface area contributed by atoms with Gasteiger partial charge < -0.3 is 15.1 Å². The predicted octanol–water partition coefficient (Wildman–Crippen LogP) is 3.44. The van der Waals surface area contributed by atoms with Gasteiger partial charge in [-0.15, -0.1) is 0 Å². The van der Waals surface area contributed by atoms with Crippen LogP contribution in [0.25, 0.3) is 0 Å². The van der Waals surface area contributed by atoms with E-state index in [1.807, 2.05) is 4.68 Å². The van der Waals surface area contributed by atoms with Crippen molar-refractivity contribution in [2.75, 3.05) is 16.8 Å². The lowest BCUT2D eigenvalue weighted by molar-refractivity contribution is -0.117. The quantitative estimate of drug-likeness (QED) is 0.558. The van der Waals surface area contributed by atoms with Crippen LogP contribution in [-0.4, -0.2) is 49.2 Å². The van der Waals surface area contributed by atoms with Crippen molar-refractivity contribution in [1.29, 1.82) is 0 Å². The summed E-state index contributed by atoms with van der Waals surface area (Å²) in [7, 11) is 0. The number of carbonyl (C=O) groups is 2. The number of fused-ring (bicyclic) bond motifs is 1. The number of amides is 3. The second-order valence-electron chi connectivity index (χ2n) is 9.39. The Morgan fingerprint density at radius 2 is 1.78 bits per heavy atom. The third-order valence-electron chi connectivity index (χ3n) is 7.04. The number of nitrogens with zero attached hydrogens (tertiary/aromatic N) is 6. The number of hydrogen-bond donors (Lipinski definition) is 1. The highest BCUT2D eigenvalue weighted by Gasteiger charge is 2.43. The molecule has 2 aliphatic heterocycles. The standard InChI is InChI=1S/C24H22F3N7O2/c25-16-7-15(8-17(26)22(16)27)31-24(36)33-11-20-18(9-30-34(20)12-19(33)13-2-3-13)32-10-14(6-21(32)35)23-28-4-1-5-29-23/h1,4-5,7-9,13-14,19H,2-3,6,10-12H2,(H,31,36). The van der Waals surface area contributed by atoms with Crippen LogP contribution in [0.2, 0.25) is 0 Å². The Morgan fingerprint density at radius 3 is 2.47 bits per heavy atom. The molecule has 0 spiro atoms. The van der Waals surface area contributed by atoms with E-state index in [1.165, 1.54) is 0 Å². The molecule has 2 fully saturated rings. The molecule has 3 aromatic rings. The molecule has 6 rings (SSSR count). The normalized spacial score (nSPS) is 21.6. The Bertz CT molecular complexity index is 1320.